The lowest BCUT2D eigenvalue weighted by Crippen LogP contribution is -2.42. The zero-order chi connectivity index (χ0) is 18.7. The Bertz CT molecular complexity index is 1010. The molecule has 0 aliphatic heterocycles. The van der Waals surface area contributed by atoms with Crippen LogP contribution in [0.15, 0.2) is 63.9 Å². The molecule has 0 unspecified atom stereocenters. The van der Waals surface area contributed by atoms with Crippen molar-refractivity contribution in [2.45, 2.75) is 6.54 Å². The van der Waals surface area contributed by atoms with Crippen molar-refractivity contribution >= 4 is 11.6 Å². The molecule has 0 bridgehead atoms. The second-order valence-corrected chi connectivity index (χ2v) is 5.57. The topological polar surface area (TPSA) is 113 Å². The summed E-state index contributed by atoms with van der Waals surface area (Å²) in [6, 6.07) is 14.4. The lowest BCUT2D eigenvalue weighted by Gasteiger charge is -2.14. The highest BCUT2D eigenvalue weighted by Gasteiger charge is 2.27. The standard InChI is InChI=1S/C17H14N4O5/c1-19(16(22)12-6-5-9-14(10-12)21(24)25)11-15-17(23)26-18-20(15)13-7-3-2-4-8-13/h2-10H,11H2,1H3/p+1. The summed E-state index contributed by atoms with van der Waals surface area (Å²) in [4.78, 5) is 36.2. The predicted molar refractivity (Wildman–Crippen MR) is 89.8 cm³/mol. The molecule has 0 atom stereocenters. The van der Waals surface area contributed by atoms with Crippen molar-refractivity contribution in [2.24, 2.45) is 0 Å². The molecular weight excluding hydrogens is 340 g/mol. The molecule has 0 spiro atoms. The fourth-order valence-electron chi connectivity index (χ4n) is 2.48. The Kier molecular flexibility index (Phi) is 4.61. The summed E-state index contributed by atoms with van der Waals surface area (Å²) in [5.74, 6) is -0.450. The zero-order valence-electron chi connectivity index (χ0n) is 13.8. The fourth-order valence-corrected chi connectivity index (χ4v) is 2.48. The van der Waals surface area contributed by atoms with E-state index < -0.39 is 16.5 Å². The number of para-hydroxylation sites is 1. The SMILES string of the molecule is CN(Cc1c(=O)o[nH][n+]1-c1ccccc1)C(=O)c1cccc([N+](=O)[O-])c1. The maximum atomic E-state index is 12.6. The molecule has 0 aliphatic rings. The highest BCUT2D eigenvalue weighted by atomic mass is 16.6. The summed E-state index contributed by atoms with van der Waals surface area (Å²) < 4.78 is 6.29. The average molecular weight is 355 g/mol. The molecule has 9 nitrogen and oxygen atoms in total. The first-order valence-corrected chi connectivity index (χ1v) is 7.65. The highest BCUT2D eigenvalue weighted by Crippen LogP contribution is 2.15. The Hall–Kier alpha value is -3.75. The minimum atomic E-state index is -0.604. The molecule has 3 rings (SSSR count). The van der Waals surface area contributed by atoms with Crippen molar-refractivity contribution in [3.05, 3.63) is 86.4 Å². The molecule has 1 aromatic heterocycles. The number of aromatic nitrogens is 2. The van der Waals surface area contributed by atoms with Gasteiger partial charge in [-0.25, -0.2) is 4.79 Å². The average Bonchev–Trinajstić information content (AvgIpc) is 3.02. The van der Waals surface area contributed by atoms with Crippen molar-refractivity contribution in [3.8, 4) is 5.69 Å². The van der Waals surface area contributed by atoms with Gasteiger partial charge >= 0.3 is 11.3 Å². The second kappa shape index (κ2) is 7.01. The van der Waals surface area contributed by atoms with Gasteiger partial charge in [-0.15, -0.1) is 0 Å². The first-order valence-electron chi connectivity index (χ1n) is 7.65. The Morgan fingerprint density at radius 1 is 1.23 bits per heavy atom. The van der Waals surface area contributed by atoms with E-state index in [0.29, 0.717) is 5.69 Å². The number of nitrogens with one attached hydrogen (secondary N) is 1. The van der Waals surface area contributed by atoms with E-state index >= 15 is 0 Å². The van der Waals surface area contributed by atoms with Crippen LogP contribution in [0.2, 0.25) is 0 Å². The number of aromatic amines is 1. The number of non-ortho nitro benzene ring substituents is 1. The highest BCUT2D eigenvalue weighted by molar-refractivity contribution is 5.94. The molecule has 3 aromatic rings. The molecule has 0 saturated carbocycles. The van der Waals surface area contributed by atoms with Crippen LogP contribution < -0.4 is 10.3 Å². The number of rotatable bonds is 5. The number of nitro benzene ring substituents is 1. The minimum absolute atomic E-state index is 0.0394. The van der Waals surface area contributed by atoms with Crippen molar-refractivity contribution in [3.63, 3.8) is 0 Å². The van der Waals surface area contributed by atoms with E-state index in [4.69, 9.17) is 4.52 Å². The predicted octanol–water partition coefficient (Wildman–Crippen LogP) is 1.42. The summed E-state index contributed by atoms with van der Waals surface area (Å²) in [6.07, 6.45) is 0. The van der Waals surface area contributed by atoms with Crippen LogP contribution in [0, 0.1) is 10.1 Å². The van der Waals surface area contributed by atoms with Crippen LogP contribution in [0.25, 0.3) is 5.69 Å². The third-order valence-corrected chi connectivity index (χ3v) is 3.79. The Morgan fingerprint density at radius 2 is 1.96 bits per heavy atom. The molecule has 0 saturated heterocycles. The number of hydrogen-bond donors (Lipinski definition) is 1. The maximum Gasteiger partial charge on any atom is 0.432 e. The van der Waals surface area contributed by atoms with Crippen molar-refractivity contribution < 1.29 is 18.9 Å². The van der Waals surface area contributed by atoms with Gasteiger partial charge < -0.3 is 4.90 Å². The molecule has 0 aliphatic carbocycles. The van der Waals surface area contributed by atoms with Gasteiger partial charge in [-0.3, -0.25) is 19.4 Å². The zero-order valence-corrected chi connectivity index (χ0v) is 13.8. The van der Waals surface area contributed by atoms with Crippen LogP contribution in [0.4, 0.5) is 5.69 Å². The number of amides is 1. The van der Waals surface area contributed by atoms with E-state index in [-0.39, 0.29) is 23.5 Å². The number of hydrogen-bond acceptors (Lipinski definition) is 5. The van der Waals surface area contributed by atoms with Crippen molar-refractivity contribution in [1.29, 1.82) is 0 Å². The van der Waals surface area contributed by atoms with Crippen molar-refractivity contribution in [2.75, 3.05) is 7.05 Å². The summed E-state index contributed by atoms with van der Waals surface area (Å²) in [5.41, 5.74) is 0.271. The molecule has 9 heteroatoms. The Morgan fingerprint density at radius 3 is 2.65 bits per heavy atom. The quantitative estimate of drug-likeness (QED) is 0.422. The molecule has 0 radical (unpaired) electrons. The van der Waals surface area contributed by atoms with E-state index in [1.165, 1.54) is 40.9 Å². The molecule has 1 heterocycles. The lowest BCUT2D eigenvalue weighted by atomic mass is 10.2. The molecule has 26 heavy (non-hydrogen) atoms. The monoisotopic (exact) mass is 355 g/mol. The Balaban J connectivity index is 1.87. The van der Waals surface area contributed by atoms with E-state index in [2.05, 4.69) is 5.27 Å². The van der Waals surface area contributed by atoms with E-state index in [1.54, 1.807) is 24.3 Å². The van der Waals surface area contributed by atoms with Crippen LogP contribution in [-0.2, 0) is 6.54 Å². The smallest absolute Gasteiger partial charge is 0.331 e. The lowest BCUT2D eigenvalue weighted by molar-refractivity contribution is -0.678. The van der Waals surface area contributed by atoms with Gasteiger partial charge in [-0.05, 0) is 16.0 Å². The summed E-state index contributed by atoms with van der Waals surface area (Å²) >= 11 is 0. The van der Waals surface area contributed by atoms with Crippen LogP contribution >= 0.6 is 0 Å². The number of benzene rings is 2. The van der Waals surface area contributed by atoms with E-state index in [1.807, 2.05) is 6.07 Å². The van der Waals surface area contributed by atoms with Gasteiger partial charge in [0, 0.05) is 36.9 Å². The van der Waals surface area contributed by atoms with Gasteiger partial charge in [0.2, 0.25) is 5.69 Å². The molecule has 2 aromatic carbocycles. The number of H-pyrrole nitrogens is 1. The third kappa shape index (κ3) is 3.36. The molecule has 132 valence electrons. The van der Waals surface area contributed by atoms with Gasteiger partial charge in [0.25, 0.3) is 11.6 Å². The minimum Gasteiger partial charge on any atom is -0.331 e. The van der Waals surface area contributed by atoms with Crippen LogP contribution in [-0.4, -0.2) is 28.0 Å². The summed E-state index contributed by atoms with van der Waals surface area (Å²) in [5, 5.41) is 13.4. The normalized spacial score (nSPS) is 10.5. The van der Waals surface area contributed by atoms with Gasteiger partial charge in [-0.1, -0.05) is 24.3 Å². The number of nitro groups is 1. The fraction of sp³-hybridized carbons (Fsp3) is 0.118. The molecule has 0 fully saturated rings. The van der Waals surface area contributed by atoms with Gasteiger partial charge in [0.15, 0.2) is 0 Å². The van der Waals surface area contributed by atoms with Crippen LogP contribution in [0.1, 0.15) is 16.1 Å². The summed E-state index contributed by atoms with van der Waals surface area (Å²) in [7, 11) is 1.50. The van der Waals surface area contributed by atoms with Gasteiger partial charge in [0.05, 0.1) is 4.92 Å². The third-order valence-electron chi connectivity index (χ3n) is 3.79. The molecule has 1 N–H and O–H groups in total. The first-order chi connectivity index (χ1) is 12.5. The van der Waals surface area contributed by atoms with Gasteiger partial charge in [-0.2, -0.15) is 0 Å². The second-order valence-electron chi connectivity index (χ2n) is 5.57. The van der Waals surface area contributed by atoms with E-state index in [9.17, 15) is 19.7 Å². The van der Waals surface area contributed by atoms with Gasteiger partial charge in [0.1, 0.15) is 6.54 Å². The largest absolute Gasteiger partial charge is 0.432 e. The van der Waals surface area contributed by atoms with Crippen molar-refractivity contribution in [1.82, 2.24) is 10.2 Å². The molecular formula is C17H15N4O5+. The molecule has 1 amide bonds. The number of carbonyl (C=O) groups excluding carboxylic acids is 1. The number of nitrogens with zero attached hydrogens (tertiary/aromatic N) is 3. The summed E-state index contributed by atoms with van der Waals surface area (Å²) in [6.45, 7) is -0.0394. The van der Waals surface area contributed by atoms with Crippen LogP contribution in [0.3, 0.4) is 0 Å². The van der Waals surface area contributed by atoms with Crippen LogP contribution in [0.5, 0.6) is 0 Å². The van der Waals surface area contributed by atoms with E-state index in [0.717, 1.165) is 0 Å². The Labute approximate surface area is 147 Å². The maximum absolute atomic E-state index is 12.6. The first kappa shape index (κ1) is 17.1. The number of carbonyl (C=O) groups is 1.